The monoisotopic (exact) mass is 317 g/mol. The maximum atomic E-state index is 12.0. The molecule has 1 atom stereocenters. The molecule has 0 spiro atoms. The fraction of sp³-hybridized carbons (Fsp3) is 0.538. The molecule has 1 fully saturated rings. The van der Waals surface area contributed by atoms with Crippen LogP contribution < -0.4 is 11.1 Å². The molecule has 1 aliphatic rings. The van der Waals surface area contributed by atoms with E-state index in [0.29, 0.717) is 24.4 Å². The minimum atomic E-state index is -0.111. The van der Waals surface area contributed by atoms with E-state index in [-0.39, 0.29) is 30.3 Å². The van der Waals surface area contributed by atoms with Crippen molar-refractivity contribution < 1.29 is 9.59 Å². The number of nitrogens with zero attached hydrogens (tertiary/aromatic N) is 1. The van der Waals surface area contributed by atoms with Crippen molar-refractivity contribution in [3.05, 3.63) is 22.4 Å². The maximum absolute atomic E-state index is 12.0. The first-order valence-electron chi connectivity index (χ1n) is 6.53. The van der Waals surface area contributed by atoms with Crippen LogP contribution in [0.4, 0.5) is 0 Å². The first kappa shape index (κ1) is 16.9. The number of carbonyl (C=O) groups excluding carboxylic acids is 2. The van der Waals surface area contributed by atoms with Crippen molar-refractivity contribution in [2.45, 2.75) is 25.3 Å². The summed E-state index contributed by atoms with van der Waals surface area (Å²) in [7, 11) is 0. The Morgan fingerprint density at radius 2 is 2.30 bits per heavy atom. The molecule has 0 saturated carbocycles. The van der Waals surface area contributed by atoms with E-state index >= 15 is 0 Å². The van der Waals surface area contributed by atoms with Crippen LogP contribution in [0.15, 0.2) is 17.5 Å². The fourth-order valence-corrected chi connectivity index (χ4v) is 2.97. The zero-order valence-corrected chi connectivity index (χ0v) is 12.8. The third-order valence-electron chi connectivity index (χ3n) is 3.34. The number of nitrogens with two attached hydrogens (primary N) is 1. The van der Waals surface area contributed by atoms with E-state index in [1.54, 1.807) is 6.07 Å². The van der Waals surface area contributed by atoms with Crippen LogP contribution in [-0.2, 0) is 4.79 Å². The van der Waals surface area contributed by atoms with Gasteiger partial charge in [0.2, 0.25) is 5.91 Å². The highest BCUT2D eigenvalue weighted by atomic mass is 35.5. The van der Waals surface area contributed by atoms with Gasteiger partial charge in [0, 0.05) is 32.1 Å². The van der Waals surface area contributed by atoms with Crippen molar-refractivity contribution in [3.63, 3.8) is 0 Å². The summed E-state index contributed by atoms with van der Waals surface area (Å²) in [6.07, 6.45) is 2.35. The summed E-state index contributed by atoms with van der Waals surface area (Å²) in [5, 5.41) is 4.62. The van der Waals surface area contributed by atoms with Gasteiger partial charge in [-0.15, -0.1) is 23.7 Å². The molecular weight excluding hydrogens is 298 g/mol. The minimum Gasteiger partial charge on any atom is -0.351 e. The van der Waals surface area contributed by atoms with Gasteiger partial charge in [-0.05, 0) is 24.3 Å². The summed E-state index contributed by atoms with van der Waals surface area (Å²) >= 11 is 1.40. The molecule has 1 saturated heterocycles. The lowest BCUT2D eigenvalue weighted by molar-refractivity contribution is -0.131. The van der Waals surface area contributed by atoms with Crippen LogP contribution >= 0.6 is 23.7 Å². The molecule has 20 heavy (non-hydrogen) atoms. The summed E-state index contributed by atoms with van der Waals surface area (Å²) in [5.41, 5.74) is 5.64. The Balaban J connectivity index is 0.00000200. The molecule has 1 aromatic rings. The molecule has 2 heterocycles. The summed E-state index contributed by atoms with van der Waals surface area (Å²) in [4.78, 5) is 26.2. The van der Waals surface area contributed by atoms with Crippen molar-refractivity contribution in [3.8, 4) is 0 Å². The molecule has 0 bridgehead atoms. The van der Waals surface area contributed by atoms with Gasteiger partial charge in [0.25, 0.3) is 5.91 Å². The molecule has 0 aliphatic carbocycles. The lowest BCUT2D eigenvalue weighted by atomic mass is 10.2. The van der Waals surface area contributed by atoms with Gasteiger partial charge in [-0.2, -0.15) is 0 Å². The van der Waals surface area contributed by atoms with Crippen LogP contribution in [0.3, 0.4) is 0 Å². The molecule has 1 aromatic heterocycles. The van der Waals surface area contributed by atoms with Gasteiger partial charge >= 0.3 is 0 Å². The number of carbonyl (C=O) groups is 2. The average molecular weight is 318 g/mol. The van der Waals surface area contributed by atoms with E-state index in [4.69, 9.17) is 5.73 Å². The molecule has 2 amide bonds. The van der Waals surface area contributed by atoms with Crippen LogP contribution in [0.25, 0.3) is 0 Å². The van der Waals surface area contributed by atoms with Crippen LogP contribution in [0.2, 0.25) is 0 Å². The van der Waals surface area contributed by atoms with E-state index in [1.165, 1.54) is 11.3 Å². The number of hydrogen-bond donors (Lipinski definition) is 2. The van der Waals surface area contributed by atoms with Gasteiger partial charge in [0.15, 0.2) is 0 Å². The van der Waals surface area contributed by atoms with Gasteiger partial charge in [-0.3, -0.25) is 9.59 Å². The molecule has 1 unspecified atom stereocenters. The highest BCUT2D eigenvalue weighted by Gasteiger charge is 2.26. The quantitative estimate of drug-likeness (QED) is 0.858. The van der Waals surface area contributed by atoms with Crippen molar-refractivity contribution >= 4 is 35.6 Å². The summed E-state index contributed by atoms with van der Waals surface area (Å²) < 4.78 is 0. The van der Waals surface area contributed by atoms with Crippen molar-refractivity contribution in [2.75, 3.05) is 19.6 Å². The van der Waals surface area contributed by atoms with Crippen LogP contribution in [-0.4, -0.2) is 42.4 Å². The van der Waals surface area contributed by atoms with E-state index < -0.39 is 0 Å². The molecular formula is C13H20ClN3O2S. The van der Waals surface area contributed by atoms with E-state index in [0.717, 1.165) is 19.4 Å². The average Bonchev–Trinajstić information content (AvgIpc) is 3.09. The highest BCUT2D eigenvalue weighted by Crippen LogP contribution is 2.16. The Morgan fingerprint density at radius 1 is 1.50 bits per heavy atom. The van der Waals surface area contributed by atoms with E-state index in [9.17, 15) is 9.59 Å². The molecule has 2 rings (SSSR count). The Morgan fingerprint density at radius 3 is 2.95 bits per heavy atom. The third kappa shape index (κ3) is 4.19. The second kappa shape index (κ2) is 8.24. The molecule has 0 aromatic carbocycles. The van der Waals surface area contributed by atoms with Gasteiger partial charge in [-0.1, -0.05) is 6.07 Å². The smallest absolute Gasteiger partial charge is 0.261 e. The van der Waals surface area contributed by atoms with Crippen LogP contribution in [0, 0.1) is 0 Å². The van der Waals surface area contributed by atoms with Crippen molar-refractivity contribution in [1.82, 2.24) is 10.2 Å². The summed E-state index contributed by atoms with van der Waals surface area (Å²) in [5.74, 6) is -0.0287. The summed E-state index contributed by atoms with van der Waals surface area (Å²) in [6.45, 7) is 1.69. The Kier molecular flexibility index (Phi) is 6.98. The predicted molar refractivity (Wildman–Crippen MR) is 82.3 cm³/mol. The molecule has 112 valence electrons. The van der Waals surface area contributed by atoms with Gasteiger partial charge in [0.05, 0.1) is 4.88 Å². The molecule has 0 radical (unpaired) electrons. The van der Waals surface area contributed by atoms with E-state index in [1.807, 2.05) is 16.3 Å². The molecule has 1 aliphatic heterocycles. The molecule has 3 N–H and O–H groups in total. The van der Waals surface area contributed by atoms with Crippen LogP contribution in [0.1, 0.15) is 28.9 Å². The summed E-state index contributed by atoms with van der Waals surface area (Å²) in [6, 6.07) is 3.79. The SMILES string of the molecule is Cl.NCC1CCCN1C(=O)CCNC(=O)c1cccs1. The van der Waals surface area contributed by atoms with Gasteiger partial charge in [-0.25, -0.2) is 0 Å². The van der Waals surface area contributed by atoms with Crippen molar-refractivity contribution in [2.24, 2.45) is 5.73 Å². The van der Waals surface area contributed by atoms with Gasteiger partial charge < -0.3 is 16.0 Å². The second-order valence-electron chi connectivity index (χ2n) is 4.60. The number of nitrogens with one attached hydrogen (secondary N) is 1. The van der Waals surface area contributed by atoms with E-state index in [2.05, 4.69) is 5.32 Å². The fourth-order valence-electron chi connectivity index (χ4n) is 2.33. The topological polar surface area (TPSA) is 75.4 Å². The number of likely N-dealkylation sites (tertiary alicyclic amines) is 1. The first-order valence-corrected chi connectivity index (χ1v) is 7.41. The minimum absolute atomic E-state index is 0. The number of thiophene rings is 1. The predicted octanol–water partition coefficient (Wildman–Crippen LogP) is 1.24. The largest absolute Gasteiger partial charge is 0.351 e. The zero-order valence-electron chi connectivity index (χ0n) is 11.2. The van der Waals surface area contributed by atoms with Crippen LogP contribution in [0.5, 0.6) is 0 Å². The lowest BCUT2D eigenvalue weighted by Gasteiger charge is -2.23. The normalized spacial score (nSPS) is 17.6. The number of rotatable bonds is 5. The Labute approximate surface area is 128 Å². The molecule has 5 nitrogen and oxygen atoms in total. The highest BCUT2D eigenvalue weighted by molar-refractivity contribution is 7.12. The molecule has 7 heteroatoms. The number of hydrogen-bond acceptors (Lipinski definition) is 4. The third-order valence-corrected chi connectivity index (χ3v) is 4.21. The Bertz CT molecular complexity index is 439. The zero-order chi connectivity index (χ0) is 13.7. The van der Waals surface area contributed by atoms with Gasteiger partial charge in [0.1, 0.15) is 0 Å². The lowest BCUT2D eigenvalue weighted by Crippen LogP contribution is -2.41. The maximum Gasteiger partial charge on any atom is 0.261 e. The Hall–Kier alpha value is -1.11. The second-order valence-corrected chi connectivity index (χ2v) is 5.55. The number of halogens is 1. The van der Waals surface area contributed by atoms with Crippen molar-refractivity contribution in [1.29, 1.82) is 0 Å². The standard InChI is InChI=1S/C13H19N3O2S.ClH/c14-9-10-3-1-7-16(10)12(17)5-6-15-13(18)11-4-2-8-19-11;/h2,4,8,10H,1,3,5-7,9,14H2,(H,15,18);1H. The first-order chi connectivity index (χ1) is 9.22. The number of amides is 2.